The highest BCUT2D eigenvalue weighted by molar-refractivity contribution is 5.79. The van der Waals surface area contributed by atoms with Crippen LogP contribution >= 0.6 is 0 Å². The van der Waals surface area contributed by atoms with Crippen LogP contribution in [0.25, 0.3) is 11.0 Å². The monoisotopic (exact) mass is 218 g/mol. The molecule has 0 amide bonds. The van der Waals surface area contributed by atoms with Crippen molar-refractivity contribution in [3.63, 3.8) is 0 Å². The first kappa shape index (κ1) is 11.0. The Morgan fingerprint density at radius 2 is 2.12 bits per heavy atom. The fourth-order valence-corrected chi connectivity index (χ4v) is 1.79. The lowest BCUT2D eigenvalue weighted by molar-refractivity contribution is 0.387. The fourth-order valence-electron chi connectivity index (χ4n) is 1.79. The lowest BCUT2D eigenvalue weighted by Gasteiger charge is -2.11. The zero-order valence-corrected chi connectivity index (χ0v) is 10.1. The molecule has 0 unspecified atom stereocenters. The van der Waals surface area contributed by atoms with Gasteiger partial charge in [-0.2, -0.15) is 0 Å². The number of imidazole rings is 1. The van der Waals surface area contributed by atoms with Crippen molar-refractivity contribution in [3.8, 4) is 0 Å². The summed E-state index contributed by atoms with van der Waals surface area (Å²) in [4.78, 5) is 6.49. The Bertz CT molecular complexity index is 499. The summed E-state index contributed by atoms with van der Waals surface area (Å²) in [5.74, 6) is 0.599. The summed E-state index contributed by atoms with van der Waals surface area (Å²) in [5, 5.41) is 0. The molecule has 1 heterocycles. The molecule has 1 aromatic carbocycles. The van der Waals surface area contributed by atoms with Crippen LogP contribution < -0.4 is 5.73 Å². The number of anilines is 1. The third-order valence-electron chi connectivity index (χ3n) is 2.70. The van der Waals surface area contributed by atoms with Gasteiger partial charge in [0.2, 0.25) is 5.95 Å². The number of aromatic nitrogens is 2. The number of hydrogen-bond donors (Lipinski definition) is 1. The number of nitrogen functional groups attached to an aromatic ring is 1. The van der Waals surface area contributed by atoms with Crippen LogP contribution in [0.2, 0.25) is 0 Å². The number of nitrogens with two attached hydrogens (primary N) is 1. The maximum Gasteiger partial charge on any atom is 0.201 e. The summed E-state index contributed by atoms with van der Waals surface area (Å²) < 4.78 is 2.07. The predicted octanol–water partition coefficient (Wildman–Crippen LogP) is 1.49. The SMILES string of the molecule is Cc1ccc2nc(N)n(CCN(C)C)c2c1. The van der Waals surface area contributed by atoms with Gasteiger partial charge in [0.1, 0.15) is 0 Å². The number of likely N-dealkylation sites (N-methyl/N-ethyl adjacent to an activating group) is 1. The Hall–Kier alpha value is -1.55. The van der Waals surface area contributed by atoms with E-state index in [-0.39, 0.29) is 0 Å². The van der Waals surface area contributed by atoms with Crippen molar-refractivity contribution < 1.29 is 0 Å². The van der Waals surface area contributed by atoms with Gasteiger partial charge in [-0.1, -0.05) is 6.07 Å². The maximum atomic E-state index is 5.92. The van der Waals surface area contributed by atoms with E-state index >= 15 is 0 Å². The molecule has 4 heteroatoms. The minimum atomic E-state index is 0.599. The number of rotatable bonds is 3. The molecule has 0 radical (unpaired) electrons. The summed E-state index contributed by atoms with van der Waals surface area (Å²) >= 11 is 0. The van der Waals surface area contributed by atoms with E-state index in [4.69, 9.17) is 5.73 Å². The standard InChI is InChI=1S/C12H18N4/c1-9-4-5-10-11(8-9)16(12(13)14-10)7-6-15(2)3/h4-5,8H,6-7H2,1-3H3,(H2,13,14). The topological polar surface area (TPSA) is 47.1 Å². The van der Waals surface area contributed by atoms with E-state index in [9.17, 15) is 0 Å². The average molecular weight is 218 g/mol. The van der Waals surface area contributed by atoms with E-state index < -0.39 is 0 Å². The second-order valence-electron chi connectivity index (χ2n) is 4.42. The smallest absolute Gasteiger partial charge is 0.201 e. The molecular formula is C12H18N4. The second-order valence-corrected chi connectivity index (χ2v) is 4.42. The van der Waals surface area contributed by atoms with Gasteiger partial charge in [0.15, 0.2) is 0 Å². The highest BCUT2D eigenvalue weighted by atomic mass is 15.2. The molecule has 2 aromatic rings. The van der Waals surface area contributed by atoms with Crippen molar-refractivity contribution in [1.29, 1.82) is 0 Å². The molecule has 0 aliphatic carbocycles. The molecule has 0 bridgehead atoms. The highest BCUT2D eigenvalue weighted by Crippen LogP contribution is 2.18. The van der Waals surface area contributed by atoms with Crippen LogP contribution in [0, 0.1) is 6.92 Å². The minimum absolute atomic E-state index is 0.599. The molecule has 2 rings (SSSR count). The molecule has 4 nitrogen and oxygen atoms in total. The number of fused-ring (bicyclic) bond motifs is 1. The Morgan fingerprint density at radius 1 is 1.38 bits per heavy atom. The van der Waals surface area contributed by atoms with Crippen LogP contribution in [0.4, 0.5) is 5.95 Å². The number of hydrogen-bond acceptors (Lipinski definition) is 3. The van der Waals surface area contributed by atoms with Gasteiger partial charge in [0.25, 0.3) is 0 Å². The lowest BCUT2D eigenvalue weighted by Crippen LogP contribution is -2.19. The molecule has 0 saturated heterocycles. The third kappa shape index (κ3) is 2.02. The van der Waals surface area contributed by atoms with Crippen molar-refractivity contribution >= 4 is 17.0 Å². The molecule has 0 atom stereocenters. The molecule has 0 spiro atoms. The molecule has 1 aromatic heterocycles. The first-order chi connectivity index (χ1) is 7.58. The first-order valence-electron chi connectivity index (χ1n) is 5.45. The van der Waals surface area contributed by atoms with Crippen LogP contribution in [0.15, 0.2) is 18.2 Å². The normalized spacial score (nSPS) is 11.5. The van der Waals surface area contributed by atoms with Gasteiger partial charge in [0, 0.05) is 13.1 Å². The summed E-state index contributed by atoms with van der Waals surface area (Å²) in [5.41, 5.74) is 9.26. The molecule has 0 aliphatic rings. The Labute approximate surface area is 95.7 Å². The van der Waals surface area contributed by atoms with E-state index in [1.54, 1.807) is 0 Å². The number of benzene rings is 1. The van der Waals surface area contributed by atoms with Gasteiger partial charge in [-0.25, -0.2) is 4.98 Å². The van der Waals surface area contributed by atoms with Gasteiger partial charge < -0.3 is 15.2 Å². The van der Waals surface area contributed by atoms with E-state index in [1.807, 2.05) is 6.07 Å². The molecule has 0 aliphatic heterocycles. The summed E-state index contributed by atoms with van der Waals surface area (Å²) in [7, 11) is 4.11. The molecule has 0 saturated carbocycles. The van der Waals surface area contributed by atoms with Gasteiger partial charge in [-0.15, -0.1) is 0 Å². The Morgan fingerprint density at radius 3 is 2.81 bits per heavy atom. The van der Waals surface area contributed by atoms with Crippen LogP contribution in [-0.4, -0.2) is 35.1 Å². The Balaban J connectivity index is 2.42. The largest absolute Gasteiger partial charge is 0.369 e. The summed E-state index contributed by atoms with van der Waals surface area (Å²) in [6, 6.07) is 6.21. The van der Waals surface area contributed by atoms with Crippen LogP contribution in [-0.2, 0) is 6.54 Å². The zero-order valence-electron chi connectivity index (χ0n) is 10.1. The first-order valence-corrected chi connectivity index (χ1v) is 5.45. The molecule has 16 heavy (non-hydrogen) atoms. The van der Waals surface area contributed by atoms with E-state index in [2.05, 4.69) is 47.6 Å². The maximum absolute atomic E-state index is 5.92. The summed E-state index contributed by atoms with van der Waals surface area (Å²) in [6.45, 7) is 3.92. The molecule has 2 N–H and O–H groups in total. The quantitative estimate of drug-likeness (QED) is 0.849. The molecule has 86 valence electrons. The van der Waals surface area contributed by atoms with Crippen LogP contribution in [0.1, 0.15) is 5.56 Å². The van der Waals surface area contributed by atoms with Gasteiger partial charge in [0.05, 0.1) is 11.0 Å². The van der Waals surface area contributed by atoms with E-state index in [1.165, 1.54) is 5.56 Å². The third-order valence-corrected chi connectivity index (χ3v) is 2.70. The second kappa shape index (κ2) is 4.14. The van der Waals surface area contributed by atoms with Gasteiger partial charge in [-0.3, -0.25) is 0 Å². The zero-order chi connectivity index (χ0) is 11.7. The van der Waals surface area contributed by atoms with Crippen molar-refractivity contribution in [1.82, 2.24) is 14.5 Å². The lowest BCUT2D eigenvalue weighted by atomic mass is 10.2. The van der Waals surface area contributed by atoms with E-state index in [0.29, 0.717) is 5.95 Å². The van der Waals surface area contributed by atoms with Gasteiger partial charge in [-0.05, 0) is 38.7 Å². The minimum Gasteiger partial charge on any atom is -0.369 e. The van der Waals surface area contributed by atoms with Crippen LogP contribution in [0.3, 0.4) is 0 Å². The highest BCUT2D eigenvalue weighted by Gasteiger charge is 2.07. The summed E-state index contributed by atoms with van der Waals surface area (Å²) in [6.07, 6.45) is 0. The number of nitrogens with zero attached hydrogens (tertiary/aromatic N) is 3. The van der Waals surface area contributed by atoms with Gasteiger partial charge >= 0.3 is 0 Å². The van der Waals surface area contributed by atoms with Crippen LogP contribution in [0.5, 0.6) is 0 Å². The fraction of sp³-hybridized carbons (Fsp3) is 0.417. The van der Waals surface area contributed by atoms with E-state index in [0.717, 1.165) is 24.1 Å². The Kier molecular flexibility index (Phi) is 2.83. The van der Waals surface area contributed by atoms with Crippen molar-refractivity contribution in [2.45, 2.75) is 13.5 Å². The number of aryl methyl sites for hydroxylation is 1. The van der Waals surface area contributed by atoms with Crippen molar-refractivity contribution in [2.75, 3.05) is 26.4 Å². The molecule has 0 fully saturated rings. The van der Waals surface area contributed by atoms with Crippen molar-refractivity contribution in [3.05, 3.63) is 23.8 Å². The molecular weight excluding hydrogens is 200 g/mol. The van der Waals surface area contributed by atoms with Crippen molar-refractivity contribution in [2.24, 2.45) is 0 Å². The average Bonchev–Trinajstić information content (AvgIpc) is 2.51. The predicted molar refractivity (Wildman–Crippen MR) is 67.4 cm³/mol.